The van der Waals surface area contributed by atoms with Gasteiger partial charge in [0.15, 0.2) is 0 Å². The molecule has 3 aliphatic carbocycles. The van der Waals surface area contributed by atoms with Gasteiger partial charge in [-0.1, -0.05) is 20.8 Å². The average molecular weight is 466 g/mol. The van der Waals surface area contributed by atoms with E-state index in [0.717, 1.165) is 42.7 Å². The number of hydrogen-bond acceptors (Lipinski definition) is 3. The molecule has 4 aliphatic rings. The lowest BCUT2D eigenvalue weighted by atomic mass is 9.46. The summed E-state index contributed by atoms with van der Waals surface area (Å²) in [6.45, 7) is 7.49. The Bertz CT molecular complexity index is 919. The summed E-state index contributed by atoms with van der Waals surface area (Å²) in [6.07, 6.45) is 14.6. The fraction of sp³-hybridized carbons (Fsp3) is 0.759. The number of likely N-dealkylation sites (tertiary alicyclic amines) is 1. The highest BCUT2D eigenvalue weighted by atomic mass is 16.2. The number of rotatable bonds is 5. The zero-order chi connectivity index (χ0) is 24.1. The van der Waals surface area contributed by atoms with Crippen LogP contribution in [0.2, 0.25) is 0 Å². The van der Waals surface area contributed by atoms with Gasteiger partial charge >= 0.3 is 0 Å². The van der Waals surface area contributed by atoms with Crippen molar-refractivity contribution >= 4 is 17.5 Å². The highest BCUT2D eigenvalue weighted by molar-refractivity contribution is 5.90. The Hall–Kier alpha value is -1.91. The van der Waals surface area contributed by atoms with E-state index in [2.05, 4.69) is 43.0 Å². The van der Waals surface area contributed by atoms with E-state index in [4.69, 9.17) is 0 Å². The van der Waals surface area contributed by atoms with Crippen LogP contribution in [0.15, 0.2) is 24.5 Å². The number of carbonyl (C=O) groups excluding carboxylic acids is 2. The Labute approximate surface area is 205 Å². The van der Waals surface area contributed by atoms with E-state index in [1.54, 1.807) is 12.4 Å². The third-order valence-electron chi connectivity index (χ3n) is 11.1. The summed E-state index contributed by atoms with van der Waals surface area (Å²) in [5.41, 5.74) is 1.53. The number of fused-ring (bicyclic) bond motifs is 5. The SMILES string of the molecule is C[C@H](CCC(=O)Nc1ccncc1)[C@H]1CC[C@H]2[C@@H]3CC[C@H]4N(C)C(=O)CC[C@]4(C)[C@H]3CC[C@]12C. The molecular weight excluding hydrogens is 422 g/mol. The Morgan fingerprint density at radius 1 is 1.09 bits per heavy atom. The highest BCUT2D eigenvalue weighted by Gasteiger charge is 2.61. The molecule has 0 radical (unpaired) electrons. The third-order valence-corrected chi connectivity index (χ3v) is 11.1. The van der Waals surface area contributed by atoms with Gasteiger partial charge in [0.05, 0.1) is 0 Å². The van der Waals surface area contributed by atoms with Gasteiger partial charge in [0.2, 0.25) is 11.8 Å². The molecule has 0 unspecified atom stereocenters. The lowest BCUT2D eigenvalue weighted by molar-refractivity contribution is -0.158. The average Bonchev–Trinajstić information content (AvgIpc) is 3.18. The lowest BCUT2D eigenvalue weighted by Crippen LogP contribution is -2.61. The van der Waals surface area contributed by atoms with Crippen molar-refractivity contribution in [3.63, 3.8) is 0 Å². The molecule has 5 rings (SSSR count). The fourth-order valence-corrected chi connectivity index (χ4v) is 9.34. The van der Waals surface area contributed by atoms with Crippen LogP contribution >= 0.6 is 0 Å². The first-order valence-corrected chi connectivity index (χ1v) is 13.7. The van der Waals surface area contributed by atoms with Crippen molar-refractivity contribution in [3.8, 4) is 0 Å². The minimum Gasteiger partial charge on any atom is -0.342 e. The van der Waals surface area contributed by atoms with Crippen molar-refractivity contribution in [2.75, 3.05) is 12.4 Å². The maximum atomic E-state index is 12.5. The first kappa shape index (κ1) is 23.8. The van der Waals surface area contributed by atoms with Crippen LogP contribution in [0.4, 0.5) is 5.69 Å². The molecule has 0 aromatic carbocycles. The molecule has 1 aliphatic heterocycles. The topological polar surface area (TPSA) is 62.3 Å². The maximum Gasteiger partial charge on any atom is 0.224 e. The van der Waals surface area contributed by atoms with Gasteiger partial charge in [-0.2, -0.15) is 0 Å². The highest BCUT2D eigenvalue weighted by Crippen LogP contribution is 2.67. The zero-order valence-electron chi connectivity index (χ0n) is 21.6. The van der Waals surface area contributed by atoms with E-state index >= 15 is 0 Å². The minimum absolute atomic E-state index is 0.115. The first-order chi connectivity index (χ1) is 16.2. The van der Waals surface area contributed by atoms with E-state index < -0.39 is 0 Å². The van der Waals surface area contributed by atoms with E-state index in [1.165, 1.54) is 38.5 Å². The second-order valence-corrected chi connectivity index (χ2v) is 12.5. The number of nitrogens with one attached hydrogen (secondary N) is 1. The molecule has 5 nitrogen and oxygen atoms in total. The summed E-state index contributed by atoms with van der Waals surface area (Å²) in [4.78, 5) is 31.1. The number of hydrogen-bond donors (Lipinski definition) is 1. The number of pyridine rings is 1. The summed E-state index contributed by atoms with van der Waals surface area (Å²) >= 11 is 0. The van der Waals surface area contributed by atoms with Crippen molar-refractivity contribution in [2.45, 2.75) is 91.0 Å². The van der Waals surface area contributed by atoms with Crippen molar-refractivity contribution in [3.05, 3.63) is 24.5 Å². The molecule has 5 heteroatoms. The van der Waals surface area contributed by atoms with Crippen LogP contribution in [-0.2, 0) is 9.59 Å². The predicted molar refractivity (Wildman–Crippen MR) is 135 cm³/mol. The van der Waals surface area contributed by atoms with Crippen LogP contribution in [-0.4, -0.2) is 34.8 Å². The largest absolute Gasteiger partial charge is 0.342 e. The van der Waals surface area contributed by atoms with Gasteiger partial charge in [0.1, 0.15) is 0 Å². The molecule has 1 saturated heterocycles. The Morgan fingerprint density at radius 3 is 2.59 bits per heavy atom. The second kappa shape index (κ2) is 8.95. The molecule has 3 saturated carbocycles. The van der Waals surface area contributed by atoms with E-state index in [1.807, 2.05) is 12.1 Å². The first-order valence-electron chi connectivity index (χ1n) is 13.7. The van der Waals surface area contributed by atoms with Crippen molar-refractivity contribution < 1.29 is 9.59 Å². The second-order valence-electron chi connectivity index (χ2n) is 12.5. The molecule has 8 atom stereocenters. The van der Waals surface area contributed by atoms with E-state index in [0.29, 0.717) is 41.0 Å². The van der Waals surface area contributed by atoms with Crippen LogP contribution in [0, 0.1) is 40.4 Å². The minimum atomic E-state index is 0.115. The number of piperidine rings is 1. The van der Waals surface area contributed by atoms with Gasteiger partial charge < -0.3 is 10.2 Å². The summed E-state index contributed by atoms with van der Waals surface area (Å²) in [7, 11) is 2.05. The number of aromatic nitrogens is 1. The molecule has 2 amide bonds. The molecular formula is C29H43N3O2. The molecule has 0 spiro atoms. The maximum absolute atomic E-state index is 12.5. The van der Waals surface area contributed by atoms with Crippen molar-refractivity contribution in [1.82, 2.24) is 9.88 Å². The normalized spacial score (nSPS) is 40.2. The molecule has 0 bridgehead atoms. The monoisotopic (exact) mass is 465 g/mol. The Kier molecular flexibility index (Phi) is 6.27. The standard InChI is InChI=1S/C29H43N3O2/c1-19(5-10-26(33)31-20-13-17-30-18-14-20)22-7-8-23-21-6-9-25-29(3,16-12-27(34)32(25)4)24(21)11-15-28(22,23)2/h13-14,17-19,21-25H,5-12,15-16H2,1-4H3,(H,30,31,33)/t19-,21+,22-,23+,24+,25-,28-,29-/m1/s1. The van der Waals surface area contributed by atoms with Gasteiger partial charge in [-0.25, -0.2) is 0 Å². The molecule has 1 N–H and O–H groups in total. The Morgan fingerprint density at radius 2 is 1.82 bits per heavy atom. The Balaban J connectivity index is 1.23. The lowest BCUT2D eigenvalue weighted by Gasteiger charge is -2.62. The molecule has 1 aromatic rings. The van der Waals surface area contributed by atoms with Crippen LogP contribution in [0.25, 0.3) is 0 Å². The summed E-state index contributed by atoms with van der Waals surface area (Å²) in [5.74, 6) is 4.14. The van der Waals surface area contributed by atoms with Crippen molar-refractivity contribution in [1.29, 1.82) is 0 Å². The third kappa shape index (κ3) is 3.87. The smallest absolute Gasteiger partial charge is 0.224 e. The number of anilines is 1. The zero-order valence-corrected chi connectivity index (χ0v) is 21.6. The van der Waals surface area contributed by atoms with Gasteiger partial charge in [-0.05, 0) is 104 Å². The molecule has 2 heterocycles. The van der Waals surface area contributed by atoms with E-state index in [9.17, 15) is 9.59 Å². The molecule has 34 heavy (non-hydrogen) atoms. The summed E-state index contributed by atoms with van der Waals surface area (Å²) < 4.78 is 0. The van der Waals surface area contributed by atoms with Gasteiger partial charge in [-0.3, -0.25) is 14.6 Å². The van der Waals surface area contributed by atoms with Crippen molar-refractivity contribution in [2.24, 2.45) is 40.4 Å². The van der Waals surface area contributed by atoms with Crippen LogP contribution in [0.3, 0.4) is 0 Å². The fourth-order valence-electron chi connectivity index (χ4n) is 9.34. The quantitative estimate of drug-likeness (QED) is 0.587. The number of nitrogens with zero attached hydrogens (tertiary/aromatic N) is 2. The van der Waals surface area contributed by atoms with Crippen LogP contribution in [0.5, 0.6) is 0 Å². The number of carbonyl (C=O) groups is 2. The van der Waals surface area contributed by atoms with Gasteiger partial charge in [0.25, 0.3) is 0 Å². The van der Waals surface area contributed by atoms with Gasteiger partial charge in [-0.15, -0.1) is 0 Å². The van der Waals surface area contributed by atoms with E-state index in [-0.39, 0.29) is 5.91 Å². The summed E-state index contributed by atoms with van der Waals surface area (Å²) in [5, 5.41) is 3.02. The van der Waals surface area contributed by atoms with Crippen LogP contribution in [0.1, 0.15) is 85.0 Å². The van der Waals surface area contributed by atoms with Crippen LogP contribution < -0.4 is 5.32 Å². The predicted octanol–water partition coefficient (Wildman–Crippen LogP) is 5.92. The summed E-state index contributed by atoms with van der Waals surface area (Å²) in [6, 6.07) is 4.13. The molecule has 4 fully saturated rings. The number of amides is 2. The molecule has 1 aromatic heterocycles. The molecule has 186 valence electrons. The van der Waals surface area contributed by atoms with Gasteiger partial charge in [0, 0.05) is 44.0 Å².